The summed E-state index contributed by atoms with van der Waals surface area (Å²) in [5.74, 6) is 0.0603. The molecule has 0 aliphatic rings. The van der Waals surface area contributed by atoms with Crippen molar-refractivity contribution in [3.8, 4) is 5.75 Å². The van der Waals surface area contributed by atoms with Crippen LogP contribution in [-0.4, -0.2) is 5.97 Å². The van der Waals surface area contributed by atoms with Crippen LogP contribution in [0.3, 0.4) is 0 Å². The second-order valence-corrected chi connectivity index (χ2v) is 7.11. The molecule has 0 saturated carbocycles. The average molecular weight is 337 g/mol. The van der Waals surface area contributed by atoms with Gasteiger partial charge in [0.25, 0.3) is 0 Å². The molecule has 0 N–H and O–H groups in total. The predicted octanol–water partition coefficient (Wildman–Crippen LogP) is 5.82. The van der Waals surface area contributed by atoms with E-state index in [2.05, 4.69) is 20.8 Å². The molecule has 2 aromatic carbocycles. The highest BCUT2D eigenvalue weighted by Gasteiger charge is 2.22. The molecule has 2 aromatic rings. The Bertz CT molecular complexity index is 716. The van der Waals surface area contributed by atoms with Crippen molar-refractivity contribution in [1.29, 1.82) is 0 Å². The van der Waals surface area contributed by atoms with Crippen molar-refractivity contribution in [2.75, 3.05) is 0 Å². The fraction of sp³-hybridized carbons (Fsp3) is 0.278. The number of benzene rings is 2. The predicted molar refractivity (Wildman–Crippen MR) is 91.3 cm³/mol. The maximum absolute atomic E-state index is 12.4. The van der Waals surface area contributed by atoms with Crippen molar-refractivity contribution >= 4 is 29.2 Å². The van der Waals surface area contributed by atoms with Gasteiger partial charge in [0, 0.05) is 10.6 Å². The van der Waals surface area contributed by atoms with Crippen molar-refractivity contribution in [1.82, 2.24) is 0 Å². The van der Waals surface area contributed by atoms with Gasteiger partial charge in [-0.3, -0.25) is 0 Å². The molecule has 0 amide bonds. The molecule has 0 heterocycles. The molecule has 4 heteroatoms. The highest BCUT2D eigenvalue weighted by atomic mass is 35.5. The first-order valence-electron chi connectivity index (χ1n) is 6.97. The molecule has 0 saturated heterocycles. The van der Waals surface area contributed by atoms with E-state index in [9.17, 15) is 4.79 Å². The Kier molecular flexibility index (Phi) is 4.84. The smallest absolute Gasteiger partial charge is 0.345 e. The SMILES string of the molecule is Cc1ccc(OC(=O)c2ccc(Cl)cc2Cl)c(C(C)(C)C)c1. The number of esters is 1. The van der Waals surface area contributed by atoms with Crippen LogP contribution in [0.15, 0.2) is 36.4 Å². The molecule has 0 spiro atoms. The Morgan fingerprint density at radius 2 is 1.73 bits per heavy atom. The number of rotatable bonds is 2. The summed E-state index contributed by atoms with van der Waals surface area (Å²) in [5, 5.41) is 0.759. The van der Waals surface area contributed by atoms with E-state index in [1.807, 2.05) is 25.1 Å². The Labute approximate surface area is 141 Å². The van der Waals surface area contributed by atoms with E-state index in [-0.39, 0.29) is 10.4 Å². The Hall–Kier alpha value is -1.51. The van der Waals surface area contributed by atoms with E-state index in [0.29, 0.717) is 16.3 Å². The number of carbonyl (C=O) groups is 1. The molecule has 116 valence electrons. The molecular weight excluding hydrogens is 319 g/mol. The molecular formula is C18H18Cl2O2. The molecule has 0 bridgehead atoms. The number of hydrogen-bond donors (Lipinski definition) is 0. The molecule has 0 aliphatic heterocycles. The zero-order chi connectivity index (χ0) is 16.5. The van der Waals surface area contributed by atoms with Crippen molar-refractivity contribution < 1.29 is 9.53 Å². The Morgan fingerprint density at radius 3 is 2.32 bits per heavy atom. The second-order valence-electron chi connectivity index (χ2n) is 6.26. The first kappa shape index (κ1) is 16.9. The van der Waals surface area contributed by atoms with Crippen LogP contribution in [-0.2, 0) is 5.41 Å². The second kappa shape index (κ2) is 6.31. The summed E-state index contributed by atoms with van der Waals surface area (Å²) >= 11 is 11.9. The maximum Gasteiger partial charge on any atom is 0.345 e. The third-order valence-electron chi connectivity index (χ3n) is 3.30. The highest BCUT2D eigenvalue weighted by molar-refractivity contribution is 6.36. The molecule has 0 aromatic heterocycles. The lowest BCUT2D eigenvalue weighted by Crippen LogP contribution is -2.17. The lowest BCUT2D eigenvalue weighted by atomic mass is 9.85. The molecule has 2 nitrogen and oxygen atoms in total. The van der Waals surface area contributed by atoms with Crippen molar-refractivity contribution in [2.24, 2.45) is 0 Å². The summed E-state index contributed by atoms with van der Waals surface area (Å²) in [5.41, 5.74) is 2.26. The molecule has 2 rings (SSSR count). The summed E-state index contributed by atoms with van der Waals surface area (Å²) in [6.07, 6.45) is 0. The molecule has 0 fully saturated rings. The molecule has 0 atom stereocenters. The molecule has 0 aliphatic carbocycles. The van der Waals surface area contributed by atoms with Crippen LogP contribution in [0.1, 0.15) is 42.3 Å². The van der Waals surface area contributed by atoms with Gasteiger partial charge in [-0.1, -0.05) is 61.7 Å². The van der Waals surface area contributed by atoms with Gasteiger partial charge < -0.3 is 4.74 Å². The van der Waals surface area contributed by atoms with Crippen LogP contribution in [0, 0.1) is 6.92 Å². The van der Waals surface area contributed by atoms with Gasteiger partial charge in [0.15, 0.2) is 0 Å². The van der Waals surface area contributed by atoms with Crippen LogP contribution >= 0.6 is 23.2 Å². The maximum atomic E-state index is 12.4. The van der Waals surface area contributed by atoms with Gasteiger partial charge in [-0.2, -0.15) is 0 Å². The van der Waals surface area contributed by atoms with E-state index >= 15 is 0 Å². The summed E-state index contributed by atoms with van der Waals surface area (Å²) in [6, 6.07) is 10.5. The van der Waals surface area contributed by atoms with Crippen LogP contribution < -0.4 is 4.74 Å². The number of hydrogen-bond acceptors (Lipinski definition) is 2. The summed E-state index contributed by atoms with van der Waals surface area (Å²) in [4.78, 5) is 12.4. The molecule has 22 heavy (non-hydrogen) atoms. The zero-order valence-corrected chi connectivity index (χ0v) is 14.5. The van der Waals surface area contributed by atoms with Crippen LogP contribution in [0.2, 0.25) is 10.0 Å². The van der Waals surface area contributed by atoms with Gasteiger partial charge in [0.05, 0.1) is 10.6 Å². The zero-order valence-electron chi connectivity index (χ0n) is 13.0. The fourth-order valence-corrected chi connectivity index (χ4v) is 2.61. The van der Waals surface area contributed by atoms with Gasteiger partial charge >= 0.3 is 5.97 Å². The van der Waals surface area contributed by atoms with E-state index in [1.165, 1.54) is 6.07 Å². The minimum Gasteiger partial charge on any atom is -0.423 e. The third kappa shape index (κ3) is 3.82. The standard InChI is InChI=1S/C18H18Cl2O2/c1-11-5-8-16(14(9-11)18(2,3)4)22-17(21)13-7-6-12(19)10-15(13)20/h5-10H,1-4H3. The topological polar surface area (TPSA) is 26.3 Å². The van der Waals surface area contributed by atoms with Crippen LogP contribution in [0.5, 0.6) is 5.75 Å². The first-order chi connectivity index (χ1) is 10.2. The number of ether oxygens (including phenoxy) is 1. The van der Waals surface area contributed by atoms with Crippen molar-refractivity contribution in [3.05, 3.63) is 63.1 Å². The summed E-state index contributed by atoms with van der Waals surface area (Å²) in [7, 11) is 0. The molecule has 0 unspecified atom stereocenters. The Morgan fingerprint density at radius 1 is 1.05 bits per heavy atom. The Balaban J connectivity index is 2.36. The molecule has 0 radical (unpaired) electrons. The summed E-state index contributed by atoms with van der Waals surface area (Å²) < 4.78 is 5.57. The van der Waals surface area contributed by atoms with Gasteiger partial charge in [-0.25, -0.2) is 4.79 Å². The third-order valence-corrected chi connectivity index (χ3v) is 3.84. The van der Waals surface area contributed by atoms with Crippen molar-refractivity contribution in [3.63, 3.8) is 0 Å². The lowest BCUT2D eigenvalue weighted by Gasteiger charge is -2.23. The van der Waals surface area contributed by atoms with Gasteiger partial charge in [-0.15, -0.1) is 0 Å². The normalized spacial score (nSPS) is 11.4. The van der Waals surface area contributed by atoms with E-state index in [4.69, 9.17) is 27.9 Å². The van der Waals surface area contributed by atoms with Crippen molar-refractivity contribution in [2.45, 2.75) is 33.1 Å². The minimum absolute atomic E-state index is 0.134. The van der Waals surface area contributed by atoms with E-state index in [1.54, 1.807) is 12.1 Å². The average Bonchev–Trinajstić information content (AvgIpc) is 2.39. The number of aryl methyl sites for hydroxylation is 1. The summed E-state index contributed by atoms with van der Waals surface area (Å²) in [6.45, 7) is 8.24. The van der Waals surface area contributed by atoms with E-state index in [0.717, 1.165) is 11.1 Å². The largest absolute Gasteiger partial charge is 0.423 e. The number of carbonyl (C=O) groups excluding carboxylic acids is 1. The fourth-order valence-electron chi connectivity index (χ4n) is 2.13. The van der Waals surface area contributed by atoms with E-state index < -0.39 is 5.97 Å². The van der Waals surface area contributed by atoms with Gasteiger partial charge in [0.1, 0.15) is 5.75 Å². The number of halogens is 2. The quantitative estimate of drug-likeness (QED) is 0.510. The van der Waals surface area contributed by atoms with Crippen LogP contribution in [0.4, 0.5) is 0 Å². The monoisotopic (exact) mass is 336 g/mol. The first-order valence-corrected chi connectivity index (χ1v) is 7.72. The van der Waals surface area contributed by atoms with Gasteiger partial charge in [0.2, 0.25) is 0 Å². The van der Waals surface area contributed by atoms with Crippen LogP contribution in [0.25, 0.3) is 0 Å². The highest BCUT2D eigenvalue weighted by Crippen LogP contribution is 2.33. The lowest BCUT2D eigenvalue weighted by molar-refractivity contribution is 0.0732. The minimum atomic E-state index is -0.490. The van der Waals surface area contributed by atoms with Gasteiger partial charge in [-0.05, 0) is 36.6 Å².